The van der Waals surface area contributed by atoms with Crippen LogP contribution in [-0.4, -0.2) is 34.7 Å². The number of aromatic nitrogens is 2. The highest BCUT2D eigenvalue weighted by Gasteiger charge is 2.32. The van der Waals surface area contributed by atoms with Gasteiger partial charge in [0.1, 0.15) is 0 Å². The van der Waals surface area contributed by atoms with Gasteiger partial charge in [0.25, 0.3) is 5.56 Å². The van der Waals surface area contributed by atoms with Gasteiger partial charge in [-0.1, -0.05) is 30.3 Å². The molecule has 4 rings (SSSR count). The van der Waals surface area contributed by atoms with Crippen LogP contribution in [0.3, 0.4) is 0 Å². The van der Waals surface area contributed by atoms with Gasteiger partial charge < -0.3 is 14.8 Å². The molecular formula is C21H28N4O. The van der Waals surface area contributed by atoms with Crippen LogP contribution in [0.25, 0.3) is 0 Å². The van der Waals surface area contributed by atoms with E-state index in [-0.39, 0.29) is 5.56 Å². The second-order valence-corrected chi connectivity index (χ2v) is 7.55. The summed E-state index contributed by atoms with van der Waals surface area (Å²) in [6, 6.07) is 12.0. The molecule has 2 aliphatic rings. The van der Waals surface area contributed by atoms with Crippen LogP contribution in [0.4, 0.5) is 5.82 Å². The second kappa shape index (κ2) is 7.62. The summed E-state index contributed by atoms with van der Waals surface area (Å²) in [5.74, 6) is 1.33. The largest absolute Gasteiger partial charge is 0.352 e. The maximum absolute atomic E-state index is 12.4. The predicted octanol–water partition coefficient (Wildman–Crippen LogP) is 2.77. The molecule has 1 aliphatic heterocycles. The molecule has 0 amide bonds. The first-order valence-electron chi connectivity index (χ1n) is 9.86. The normalized spacial score (nSPS) is 23.7. The Labute approximate surface area is 155 Å². The Morgan fingerprint density at radius 3 is 2.54 bits per heavy atom. The van der Waals surface area contributed by atoms with Crippen LogP contribution in [0.2, 0.25) is 0 Å². The Kier molecular flexibility index (Phi) is 5.07. The molecule has 2 fully saturated rings. The lowest BCUT2D eigenvalue weighted by Crippen LogP contribution is -2.50. The van der Waals surface area contributed by atoms with Gasteiger partial charge in [-0.2, -0.15) is 0 Å². The molecule has 2 aromatic rings. The van der Waals surface area contributed by atoms with Gasteiger partial charge >= 0.3 is 0 Å². The molecule has 138 valence electrons. The van der Waals surface area contributed by atoms with E-state index in [1.165, 1.54) is 18.4 Å². The first-order valence-corrected chi connectivity index (χ1v) is 9.86. The Morgan fingerprint density at radius 2 is 1.85 bits per heavy atom. The molecule has 0 spiro atoms. The third-order valence-electron chi connectivity index (χ3n) is 5.91. The summed E-state index contributed by atoms with van der Waals surface area (Å²) in [5.41, 5.74) is 1.51. The summed E-state index contributed by atoms with van der Waals surface area (Å²) in [6.45, 7) is 4.49. The third kappa shape index (κ3) is 3.54. The molecule has 0 bridgehead atoms. The summed E-state index contributed by atoms with van der Waals surface area (Å²) >= 11 is 0. The van der Waals surface area contributed by atoms with Gasteiger partial charge in [-0.05, 0) is 44.1 Å². The van der Waals surface area contributed by atoms with Crippen molar-refractivity contribution in [1.29, 1.82) is 0 Å². The quantitative estimate of drug-likeness (QED) is 0.899. The first-order chi connectivity index (χ1) is 12.7. The average molecular weight is 352 g/mol. The molecular weight excluding hydrogens is 324 g/mol. The van der Waals surface area contributed by atoms with Crippen molar-refractivity contribution >= 4 is 5.82 Å². The molecule has 5 heteroatoms. The standard InChI is InChI=1S/C21H28N4O/c1-2-24-13-10-22-20(21(24)26)25-11-8-18(9-12-25)23-19-14-17(15-19)16-6-4-3-5-7-16/h3-7,10,13,17-19,23H,2,8-9,11-12,14-15H2,1H3. The molecule has 0 unspecified atom stereocenters. The highest BCUT2D eigenvalue weighted by atomic mass is 16.1. The van der Waals surface area contributed by atoms with E-state index in [0.29, 0.717) is 24.4 Å². The van der Waals surface area contributed by atoms with Crippen molar-refractivity contribution in [3.63, 3.8) is 0 Å². The number of hydrogen-bond donors (Lipinski definition) is 1. The zero-order valence-corrected chi connectivity index (χ0v) is 15.5. The Bertz CT molecular complexity index is 774. The SMILES string of the molecule is CCn1ccnc(N2CCC(NC3CC(c4ccccc4)C3)CC2)c1=O. The van der Waals surface area contributed by atoms with Crippen LogP contribution in [0.15, 0.2) is 47.5 Å². The number of aryl methyl sites for hydroxylation is 1. The van der Waals surface area contributed by atoms with Gasteiger partial charge in [0, 0.05) is 44.1 Å². The number of piperidine rings is 1. The lowest BCUT2D eigenvalue weighted by molar-refractivity contribution is 0.247. The van der Waals surface area contributed by atoms with Crippen molar-refractivity contribution in [2.75, 3.05) is 18.0 Å². The molecule has 0 atom stereocenters. The van der Waals surface area contributed by atoms with E-state index < -0.39 is 0 Å². The Morgan fingerprint density at radius 1 is 1.12 bits per heavy atom. The molecule has 2 heterocycles. The maximum Gasteiger partial charge on any atom is 0.293 e. The van der Waals surface area contributed by atoms with Gasteiger partial charge in [-0.15, -0.1) is 0 Å². The van der Waals surface area contributed by atoms with Crippen molar-refractivity contribution in [3.8, 4) is 0 Å². The van der Waals surface area contributed by atoms with Crippen LogP contribution in [0.5, 0.6) is 0 Å². The minimum absolute atomic E-state index is 0.0334. The van der Waals surface area contributed by atoms with Crippen molar-refractivity contribution < 1.29 is 0 Å². The molecule has 1 aliphatic carbocycles. The van der Waals surface area contributed by atoms with Crippen molar-refractivity contribution in [2.45, 2.75) is 57.2 Å². The number of anilines is 1. The van der Waals surface area contributed by atoms with E-state index in [1.807, 2.05) is 6.92 Å². The first kappa shape index (κ1) is 17.3. The zero-order valence-electron chi connectivity index (χ0n) is 15.5. The number of benzene rings is 1. The molecule has 1 saturated carbocycles. The van der Waals surface area contributed by atoms with Gasteiger partial charge in [0.2, 0.25) is 0 Å². The fourth-order valence-corrected chi connectivity index (χ4v) is 4.24. The molecule has 1 aromatic carbocycles. The van der Waals surface area contributed by atoms with Crippen LogP contribution in [0.1, 0.15) is 44.1 Å². The van der Waals surface area contributed by atoms with Gasteiger partial charge in [0.05, 0.1) is 0 Å². The minimum Gasteiger partial charge on any atom is -0.352 e. The Balaban J connectivity index is 1.27. The van der Waals surface area contributed by atoms with E-state index in [2.05, 4.69) is 45.5 Å². The zero-order chi connectivity index (χ0) is 17.9. The van der Waals surface area contributed by atoms with Crippen LogP contribution in [0, 0.1) is 0 Å². The number of nitrogens with zero attached hydrogens (tertiary/aromatic N) is 3. The average Bonchev–Trinajstić information content (AvgIpc) is 2.66. The lowest BCUT2D eigenvalue weighted by Gasteiger charge is -2.41. The minimum atomic E-state index is 0.0334. The summed E-state index contributed by atoms with van der Waals surface area (Å²) in [7, 11) is 0. The smallest absolute Gasteiger partial charge is 0.293 e. The highest BCUT2D eigenvalue weighted by Crippen LogP contribution is 2.37. The van der Waals surface area contributed by atoms with Crippen LogP contribution in [-0.2, 0) is 6.54 Å². The van der Waals surface area contributed by atoms with E-state index in [1.54, 1.807) is 17.0 Å². The molecule has 1 N–H and O–H groups in total. The molecule has 1 saturated heterocycles. The van der Waals surface area contributed by atoms with Crippen LogP contribution < -0.4 is 15.8 Å². The van der Waals surface area contributed by atoms with E-state index >= 15 is 0 Å². The topological polar surface area (TPSA) is 50.2 Å². The van der Waals surface area contributed by atoms with Gasteiger partial charge in [-0.25, -0.2) is 4.98 Å². The summed E-state index contributed by atoms with van der Waals surface area (Å²) < 4.78 is 1.73. The van der Waals surface area contributed by atoms with E-state index in [0.717, 1.165) is 31.8 Å². The van der Waals surface area contributed by atoms with E-state index in [4.69, 9.17) is 0 Å². The van der Waals surface area contributed by atoms with Crippen molar-refractivity contribution in [3.05, 3.63) is 58.6 Å². The van der Waals surface area contributed by atoms with Crippen LogP contribution >= 0.6 is 0 Å². The maximum atomic E-state index is 12.4. The number of rotatable bonds is 5. The lowest BCUT2D eigenvalue weighted by atomic mass is 9.75. The second-order valence-electron chi connectivity index (χ2n) is 7.55. The molecule has 0 radical (unpaired) electrons. The summed E-state index contributed by atoms with van der Waals surface area (Å²) in [6.07, 6.45) is 8.14. The van der Waals surface area contributed by atoms with E-state index in [9.17, 15) is 4.79 Å². The fourth-order valence-electron chi connectivity index (χ4n) is 4.24. The Hall–Kier alpha value is -2.14. The monoisotopic (exact) mass is 352 g/mol. The number of nitrogens with one attached hydrogen (secondary N) is 1. The molecule has 1 aromatic heterocycles. The van der Waals surface area contributed by atoms with Crippen molar-refractivity contribution in [1.82, 2.24) is 14.9 Å². The predicted molar refractivity (Wildman–Crippen MR) is 105 cm³/mol. The highest BCUT2D eigenvalue weighted by molar-refractivity contribution is 5.36. The number of hydrogen-bond acceptors (Lipinski definition) is 4. The fraction of sp³-hybridized carbons (Fsp3) is 0.524. The summed E-state index contributed by atoms with van der Waals surface area (Å²) in [4.78, 5) is 18.9. The van der Waals surface area contributed by atoms with Gasteiger partial charge in [0.15, 0.2) is 5.82 Å². The third-order valence-corrected chi connectivity index (χ3v) is 5.91. The summed E-state index contributed by atoms with van der Waals surface area (Å²) in [5, 5.41) is 3.83. The molecule has 5 nitrogen and oxygen atoms in total. The van der Waals surface area contributed by atoms with Gasteiger partial charge in [-0.3, -0.25) is 4.79 Å². The molecule has 26 heavy (non-hydrogen) atoms. The van der Waals surface area contributed by atoms with Crippen molar-refractivity contribution in [2.24, 2.45) is 0 Å².